The molecule has 0 spiro atoms. The molecule has 6 fully saturated rings. The van der Waals surface area contributed by atoms with Crippen LogP contribution in [0.25, 0.3) is 0 Å². The Morgan fingerprint density at radius 1 is 0.607 bits per heavy atom. The van der Waals surface area contributed by atoms with Gasteiger partial charge in [-0.1, -0.05) is 0 Å². The van der Waals surface area contributed by atoms with Crippen molar-refractivity contribution in [3.63, 3.8) is 0 Å². The molecule has 0 radical (unpaired) electrons. The van der Waals surface area contributed by atoms with E-state index in [1.165, 1.54) is 82.6 Å². The third-order valence-electron chi connectivity index (χ3n) is 8.88. The maximum absolute atomic E-state index is 8.66. The third-order valence-corrected chi connectivity index (χ3v) is 82.4. The summed E-state index contributed by atoms with van der Waals surface area (Å²) in [4.78, 5) is 0. The Morgan fingerprint density at radius 2 is 0.857 bits per heavy atom. The number of hydrogen-bond acceptors (Lipinski definition) is 0. The number of rotatable bonds is 9. The van der Waals surface area contributed by atoms with Gasteiger partial charge in [-0.25, -0.2) is 0 Å². The van der Waals surface area contributed by atoms with Crippen LogP contribution >= 0.6 is 30.6 Å². The fourth-order valence-electron chi connectivity index (χ4n) is 7.39. The van der Waals surface area contributed by atoms with Gasteiger partial charge in [0.05, 0.1) is 0 Å². The predicted octanol–water partition coefficient (Wildman–Crippen LogP) is 8.06. The second-order valence-corrected chi connectivity index (χ2v) is 56.3. The Hall–Kier alpha value is 1.67. The molecule has 5 heteroatoms. The fourth-order valence-corrected chi connectivity index (χ4v) is 111. The molecule has 6 saturated carbocycles. The van der Waals surface area contributed by atoms with Gasteiger partial charge in [-0.15, -0.1) is 0 Å². The van der Waals surface area contributed by atoms with E-state index in [-0.39, 0.29) is 0 Å². The van der Waals surface area contributed by atoms with Crippen LogP contribution in [0.3, 0.4) is 0 Å². The van der Waals surface area contributed by atoms with Crippen LogP contribution in [0.2, 0.25) is 0 Å². The first-order chi connectivity index (χ1) is 13.4. The summed E-state index contributed by atoms with van der Waals surface area (Å²) in [5.41, 5.74) is 4.24. The molecule has 6 aliphatic rings. The van der Waals surface area contributed by atoms with Gasteiger partial charge in [0.1, 0.15) is 0 Å². The average molecular weight is 550 g/mol. The van der Waals surface area contributed by atoms with Gasteiger partial charge in [-0.2, -0.15) is 0 Å². The molecule has 0 atom stereocenters. The predicted molar refractivity (Wildman–Crippen MR) is 132 cm³/mol. The molecule has 0 bridgehead atoms. The summed E-state index contributed by atoms with van der Waals surface area (Å²) in [6.07, 6.45) is 20.5. The van der Waals surface area contributed by atoms with Gasteiger partial charge in [-0.05, 0) is 0 Å². The van der Waals surface area contributed by atoms with Gasteiger partial charge >= 0.3 is 182 Å². The van der Waals surface area contributed by atoms with E-state index in [9.17, 15) is 0 Å². The van der Waals surface area contributed by atoms with Crippen LogP contribution < -0.4 is 0 Å². The van der Waals surface area contributed by atoms with E-state index in [1.807, 2.05) is 0 Å². The SMILES string of the molecule is CC(C)=C[CH]=[Ru]([Cl])([Cl])([PH](C1CC1)(C1CC1)C1CC1)[PH](C1CC1)(C1CC1)C1CC1. The molecule has 0 aromatic carbocycles. The van der Waals surface area contributed by atoms with Crippen LogP contribution in [0, 0.1) is 0 Å². The molecule has 0 saturated heterocycles. The summed E-state index contributed by atoms with van der Waals surface area (Å²) in [6, 6.07) is 0. The number of hydrogen-bond donors (Lipinski definition) is 0. The van der Waals surface area contributed by atoms with E-state index in [0.29, 0.717) is 0 Å². The summed E-state index contributed by atoms with van der Waals surface area (Å²) in [7, 11) is 13.7. The van der Waals surface area contributed by atoms with Crippen molar-refractivity contribution >= 4 is 35.2 Å². The Kier molecular flexibility index (Phi) is 4.62. The van der Waals surface area contributed by atoms with Crippen molar-refractivity contribution < 1.29 is 10.2 Å². The van der Waals surface area contributed by atoms with Gasteiger partial charge in [0.15, 0.2) is 0 Å². The van der Waals surface area contributed by atoms with Crippen molar-refractivity contribution in [3.8, 4) is 0 Å². The van der Waals surface area contributed by atoms with Gasteiger partial charge in [-0.3, -0.25) is 0 Å². The fraction of sp³-hybridized carbons (Fsp3) is 0.870. The minimum atomic E-state index is -3.62. The van der Waals surface area contributed by atoms with Crippen LogP contribution in [0.15, 0.2) is 11.6 Å². The first kappa shape index (κ1) is 20.3. The van der Waals surface area contributed by atoms with Gasteiger partial charge in [0.25, 0.3) is 0 Å². The van der Waals surface area contributed by atoms with E-state index in [4.69, 9.17) is 19.4 Å². The Balaban J connectivity index is 1.67. The second kappa shape index (κ2) is 6.38. The zero-order valence-corrected chi connectivity index (χ0v) is 23.0. The molecule has 0 nitrogen and oxygen atoms in total. The molecule has 0 amide bonds. The zero-order chi connectivity index (χ0) is 19.4. The molecule has 0 aromatic rings. The summed E-state index contributed by atoms with van der Waals surface area (Å²) < 4.78 is 2.73. The molecule has 0 heterocycles. The molecule has 0 aromatic heterocycles. The van der Waals surface area contributed by atoms with Crippen molar-refractivity contribution in [1.29, 1.82) is 0 Å². The van der Waals surface area contributed by atoms with Crippen molar-refractivity contribution in [3.05, 3.63) is 11.6 Å². The van der Waals surface area contributed by atoms with Crippen LogP contribution in [-0.4, -0.2) is 38.6 Å². The van der Waals surface area contributed by atoms with Crippen molar-refractivity contribution in [2.75, 3.05) is 0 Å². The van der Waals surface area contributed by atoms with Crippen molar-refractivity contribution in [2.24, 2.45) is 0 Å². The number of halogens is 2. The molecule has 0 aliphatic heterocycles. The topological polar surface area (TPSA) is 0 Å². The van der Waals surface area contributed by atoms with Crippen molar-refractivity contribution in [2.45, 2.75) is 125 Å². The summed E-state index contributed by atoms with van der Waals surface area (Å²) >= 11 is 0. The van der Waals surface area contributed by atoms with Gasteiger partial charge in [0.2, 0.25) is 0 Å². The second-order valence-electron chi connectivity index (χ2n) is 11.4. The Morgan fingerprint density at radius 3 is 1.04 bits per heavy atom. The van der Waals surface area contributed by atoms with E-state index in [0.717, 1.165) is 34.0 Å². The summed E-state index contributed by atoms with van der Waals surface area (Å²) in [5.74, 6) is 0. The molecular formula is C23H40Cl2P2Ru. The van der Waals surface area contributed by atoms with Crippen LogP contribution in [0.1, 0.15) is 90.9 Å². The molecule has 6 aliphatic carbocycles. The maximum atomic E-state index is 8.66. The third kappa shape index (κ3) is 2.62. The Labute approximate surface area is 181 Å². The molecule has 28 heavy (non-hydrogen) atoms. The average Bonchev–Trinajstić information content (AvgIpc) is 3.46. The normalized spacial score (nSPS) is 31.6. The standard InChI is InChI=1S/2C9H15P.C5H8.2ClH.Ru/c2*1-2-7(1)10(8-3-4-8)9-5-6-9;1-4-5(2)3;;;/h2*7-9H,1-6H2;1,4H,2-3H3;2*1H;. The first-order valence-corrected chi connectivity index (χ1v) is 26.9. The van der Waals surface area contributed by atoms with Gasteiger partial charge < -0.3 is 0 Å². The van der Waals surface area contributed by atoms with Crippen LogP contribution in [0.4, 0.5) is 0 Å². The molecule has 164 valence electrons. The number of allylic oxidation sites excluding steroid dienone is 2. The Bertz CT molecular complexity index is 671. The van der Waals surface area contributed by atoms with Crippen LogP contribution in [0.5, 0.6) is 0 Å². The molecule has 0 unspecified atom stereocenters. The van der Waals surface area contributed by atoms with E-state index in [1.54, 1.807) is 0 Å². The van der Waals surface area contributed by atoms with Crippen LogP contribution in [-0.2, 0) is 10.2 Å². The monoisotopic (exact) mass is 550 g/mol. The van der Waals surface area contributed by atoms with E-state index < -0.39 is 21.4 Å². The van der Waals surface area contributed by atoms with E-state index >= 15 is 0 Å². The zero-order valence-electron chi connectivity index (χ0n) is 17.7. The minimum absolute atomic E-state index is 1.03. The molecular weight excluding hydrogens is 510 g/mol. The van der Waals surface area contributed by atoms with E-state index in [2.05, 4.69) is 24.5 Å². The summed E-state index contributed by atoms with van der Waals surface area (Å²) in [5, 5.41) is 0. The van der Waals surface area contributed by atoms with Crippen molar-refractivity contribution in [1.82, 2.24) is 0 Å². The molecule has 0 N–H and O–H groups in total. The molecule has 6 rings (SSSR count). The first-order valence-electron chi connectivity index (χ1n) is 12.1. The van der Waals surface area contributed by atoms with Gasteiger partial charge in [0, 0.05) is 0 Å². The summed E-state index contributed by atoms with van der Waals surface area (Å²) in [6.45, 7) is 4.55. The quantitative estimate of drug-likeness (QED) is 0.201.